The van der Waals surface area contributed by atoms with Crippen LogP contribution in [0.25, 0.3) is 0 Å². The molecule has 1 atom stereocenters. The van der Waals surface area contributed by atoms with Gasteiger partial charge in [0.2, 0.25) is 10.0 Å². The van der Waals surface area contributed by atoms with Crippen LogP contribution in [-0.4, -0.2) is 26.4 Å². The Morgan fingerprint density at radius 3 is 2.19 bits per heavy atom. The number of carbonyl (C=O) groups is 2. The van der Waals surface area contributed by atoms with Crippen molar-refractivity contribution in [3.63, 3.8) is 0 Å². The van der Waals surface area contributed by atoms with Crippen molar-refractivity contribution in [2.75, 3.05) is 5.32 Å². The maximum Gasteiger partial charge on any atom is 0.339 e. The van der Waals surface area contributed by atoms with Crippen molar-refractivity contribution < 1.29 is 22.7 Å². The fourth-order valence-corrected chi connectivity index (χ4v) is 3.63. The summed E-state index contributed by atoms with van der Waals surface area (Å²) in [5, 5.41) is 7.65. The number of anilines is 1. The van der Waals surface area contributed by atoms with Crippen LogP contribution >= 0.6 is 0 Å². The van der Waals surface area contributed by atoms with E-state index in [-0.39, 0.29) is 4.90 Å². The first-order valence-corrected chi connectivity index (χ1v) is 11.6. The molecule has 3 rings (SSSR count). The molecule has 0 aliphatic carbocycles. The number of benzene rings is 3. The maximum atomic E-state index is 12.7. The number of esters is 1. The Morgan fingerprint density at radius 2 is 1.53 bits per heavy atom. The summed E-state index contributed by atoms with van der Waals surface area (Å²) in [6.45, 7) is 1.47. The fourth-order valence-electron chi connectivity index (χ4n) is 3.11. The third-order valence-electron chi connectivity index (χ3n) is 4.87. The van der Waals surface area contributed by atoms with E-state index in [1.54, 1.807) is 12.1 Å². The molecule has 0 saturated carbocycles. The van der Waals surface area contributed by atoms with E-state index in [9.17, 15) is 18.0 Å². The van der Waals surface area contributed by atoms with Gasteiger partial charge in [-0.25, -0.2) is 18.4 Å². The van der Waals surface area contributed by atoms with E-state index in [0.29, 0.717) is 17.7 Å². The minimum absolute atomic E-state index is 0.0675. The molecule has 0 spiro atoms. The summed E-state index contributed by atoms with van der Waals surface area (Å²) in [4.78, 5) is 25.1. The Bertz CT molecular complexity index is 1190. The molecule has 3 N–H and O–H groups in total. The lowest BCUT2D eigenvalue weighted by Gasteiger charge is -2.15. The lowest BCUT2D eigenvalue weighted by atomic mass is 10.00. The van der Waals surface area contributed by atoms with Gasteiger partial charge in [-0.1, -0.05) is 48.5 Å². The van der Waals surface area contributed by atoms with Gasteiger partial charge in [0.25, 0.3) is 5.91 Å². The van der Waals surface area contributed by atoms with Gasteiger partial charge in [-0.15, -0.1) is 0 Å². The van der Waals surface area contributed by atoms with Crippen LogP contribution in [-0.2, 0) is 32.4 Å². The highest BCUT2D eigenvalue weighted by Crippen LogP contribution is 2.16. The summed E-state index contributed by atoms with van der Waals surface area (Å²) in [7, 11) is -3.82. The Labute approximate surface area is 187 Å². The third-order valence-corrected chi connectivity index (χ3v) is 5.80. The molecule has 0 aliphatic rings. The zero-order chi connectivity index (χ0) is 23.1. The predicted molar refractivity (Wildman–Crippen MR) is 122 cm³/mol. The summed E-state index contributed by atoms with van der Waals surface area (Å²) >= 11 is 0. The minimum atomic E-state index is -3.82. The number of sulfonamides is 1. The molecule has 0 bridgehead atoms. The summed E-state index contributed by atoms with van der Waals surface area (Å²) < 4.78 is 28.0. The standard InChI is InChI=1S/C24H24N2O5S/c1-17(23(27)26-20-13-15-21(16-14-20)32(25,29)30)31-24(28)22-10-6-5-9-19(22)12-11-18-7-3-2-4-8-18/h2-10,13-17H,11-12H2,1H3,(H,26,27)(H2,25,29,30). The monoisotopic (exact) mass is 452 g/mol. The molecule has 0 heterocycles. The molecule has 3 aromatic rings. The normalized spacial score (nSPS) is 12.1. The molecule has 0 aliphatic heterocycles. The second-order valence-corrected chi connectivity index (χ2v) is 8.81. The number of aryl methyl sites for hydroxylation is 2. The van der Waals surface area contributed by atoms with Crippen LogP contribution in [0.4, 0.5) is 5.69 Å². The molecule has 8 heteroatoms. The van der Waals surface area contributed by atoms with Crippen LogP contribution in [0.15, 0.2) is 83.8 Å². The number of hydrogen-bond acceptors (Lipinski definition) is 5. The SMILES string of the molecule is CC(OC(=O)c1ccccc1CCc1ccccc1)C(=O)Nc1ccc(S(N)(=O)=O)cc1. The van der Waals surface area contributed by atoms with Crippen molar-refractivity contribution in [2.24, 2.45) is 5.14 Å². The Hall–Kier alpha value is -3.49. The molecular weight excluding hydrogens is 428 g/mol. The average Bonchev–Trinajstić information content (AvgIpc) is 2.78. The van der Waals surface area contributed by atoms with Gasteiger partial charge in [0, 0.05) is 5.69 Å². The molecule has 0 fully saturated rings. The third kappa shape index (κ3) is 6.26. The van der Waals surface area contributed by atoms with Crippen LogP contribution in [0.2, 0.25) is 0 Å². The van der Waals surface area contributed by atoms with Crippen molar-refractivity contribution in [3.8, 4) is 0 Å². The number of carbonyl (C=O) groups excluding carboxylic acids is 2. The highest BCUT2D eigenvalue weighted by atomic mass is 32.2. The average molecular weight is 453 g/mol. The predicted octanol–water partition coefficient (Wildman–Crippen LogP) is 3.30. The number of hydrogen-bond donors (Lipinski definition) is 2. The van der Waals surface area contributed by atoms with E-state index in [2.05, 4.69) is 5.32 Å². The Morgan fingerprint density at radius 1 is 0.906 bits per heavy atom. The Balaban J connectivity index is 1.62. The number of nitrogens with one attached hydrogen (secondary N) is 1. The van der Waals surface area contributed by atoms with Crippen molar-refractivity contribution in [2.45, 2.75) is 30.8 Å². The van der Waals surface area contributed by atoms with E-state index >= 15 is 0 Å². The number of ether oxygens (including phenoxy) is 1. The molecule has 0 saturated heterocycles. The van der Waals surface area contributed by atoms with Crippen molar-refractivity contribution in [1.29, 1.82) is 0 Å². The van der Waals surface area contributed by atoms with E-state index in [1.807, 2.05) is 42.5 Å². The largest absolute Gasteiger partial charge is 0.449 e. The molecular formula is C24H24N2O5S. The quantitative estimate of drug-likeness (QED) is 0.509. The van der Waals surface area contributed by atoms with Gasteiger partial charge in [-0.05, 0) is 61.2 Å². The first kappa shape index (κ1) is 23.2. The molecule has 3 aromatic carbocycles. The zero-order valence-corrected chi connectivity index (χ0v) is 18.3. The second kappa shape index (κ2) is 10.2. The van der Waals surface area contributed by atoms with Gasteiger partial charge in [-0.2, -0.15) is 0 Å². The van der Waals surface area contributed by atoms with E-state index in [0.717, 1.165) is 17.5 Å². The molecule has 7 nitrogen and oxygen atoms in total. The van der Waals surface area contributed by atoms with Gasteiger partial charge < -0.3 is 10.1 Å². The smallest absolute Gasteiger partial charge is 0.339 e. The number of primary sulfonamides is 1. The van der Waals surface area contributed by atoms with Crippen LogP contribution in [0.5, 0.6) is 0 Å². The molecule has 166 valence electrons. The fraction of sp³-hybridized carbons (Fsp3) is 0.167. The highest BCUT2D eigenvalue weighted by Gasteiger charge is 2.21. The first-order valence-electron chi connectivity index (χ1n) is 10.0. The number of amides is 1. The molecule has 1 amide bonds. The molecule has 32 heavy (non-hydrogen) atoms. The summed E-state index contributed by atoms with van der Waals surface area (Å²) in [5.41, 5.74) is 2.78. The van der Waals surface area contributed by atoms with Crippen molar-refractivity contribution in [1.82, 2.24) is 0 Å². The number of rotatable bonds is 8. The zero-order valence-electron chi connectivity index (χ0n) is 17.5. The van der Waals surface area contributed by atoms with Crippen LogP contribution in [0.1, 0.15) is 28.4 Å². The van der Waals surface area contributed by atoms with Crippen LogP contribution in [0.3, 0.4) is 0 Å². The van der Waals surface area contributed by atoms with Gasteiger partial charge in [-0.3, -0.25) is 4.79 Å². The maximum absolute atomic E-state index is 12.7. The summed E-state index contributed by atoms with van der Waals surface area (Å²) in [5.74, 6) is -1.12. The van der Waals surface area contributed by atoms with Crippen molar-refractivity contribution >= 4 is 27.6 Å². The lowest BCUT2D eigenvalue weighted by molar-refractivity contribution is -0.123. The summed E-state index contributed by atoms with van der Waals surface area (Å²) in [6, 6.07) is 22.5. The highest BCUT2D eigenvalue weighted by molar-refractivity contribution is 7.89. The minimum Gasteiger partial charge on any atom is -0.449 e. The van der Waals surface area contributed by atoms with E-state index < -0.39 is 28.0 Å². The second-order valence-electron chi connectivity index (χ2n) is 7.25. The Kier molecular flexibility index (Phi) is 7.40. The van der Waals surface area contributed by atoms with Gasteiger partial charge in [0.1, 0.15) is 0 Å². The molecule has 0 radical (unpaired) electrons. The van der Waals surface area contributed by atoms with Crippen LogP contribution < -0.4 is 10.5 Å². The van der Waals surface area contributed by atoms with E-state index in [4.69, 9.17) is 9.88 Å². The van der Waals surface area contributed by atoms with Gasteiger partial charge in [0.15, 0.2) is 6.10 Å². The van der Waals surface area contributed by atoms with Gasteiger partial charge >= 0.3 is 5.97 Å². The molecule has 0 aromatic heterocycles. The first-order chi connectivity index (χ1) is 15.2. The summed E-state index contributed by atoms with van der Waals surface area (Å²) in [6.07, 6.45) is 0.379. The van der Waals surface area contributed by atoms with Crippen molar-refractivity contribution in [3.05, 3.63) is 95.6 Å². The van der Waals surface area contributed by atoms with Gasteiger partial charge in [0.05, 0.1) is 10.5 Å². The molecule has 1 unspecified atom stereocenters. The number of nitrogens with two attached hydrogens (primary N) is 1. The topological polar surface area (TPSA) is 116 Å². The lowest BCUT2D eigenvalue weighted by Crippen LogP contribution is -2.30. The van der Waals surface area contributed by atoms with E-state index in [1.165, 1.54) is 31.2 Å². The van der Waals surface area contributed by atoms with Crippen LogP contribution in [0, 0.1) is 0 Å².